The summed E-state index contributed by atoms with van der Waals surface area (Å²) in [4.78, 5) is 15.1. The second-order valence-electron chi connectivity index (χ2n) is 5.70. The predicted octanol–water partition coefficient (Wildman–Crippen LogP) is 3.11. The van der Waals surface area contributed by atoms with Crippen LogP contribution in [0, 0.1) is 5.92 Å². The van der Waals surface area contributed by atoms with Crippen molar-refractivity contribution >= 4 is 5.97 Å². The van der Waals surface area contributed by atoms with Gasteiger partial charge in [-0.15, -0.1) is 0 Å². The van der Waals surface area contributed by atoms with E-state index in [2.05, 4.69) is 4.98 Å². The first-order valence-electron chi connectivity index (χ1n) is 6.41. The first-order chi connectivity index (χ1) is 9.13. The molecule has 1 aromatic heterocycles. The molecule has 20 heavy (non-hydrogen) atoms. The maximum atomic E-state index is 13.0. The van der Waals surface area contributed by atoms with E-state index < -0.39 is 23.5 Å². The lowest BCUT2D eigenvalue weighted by Gasteiger charge is -2.29. The van der Waals surface area contributed by atoms with Crippen LogP contribution >= 0.6 is 0 Å². The van der Waals surface area contributed by atoms with Gasteiger partial charge in [-0.05, 0) is 44.7 Å². The van der Waals surface area contributed by atoms with Crippen molar-refractivity contribution in [3.63, 3.8) is 0 Å². The van der Waals surface area contributed by atoms with Gasteiger partial charge in [0.2, 0.25) is 0 Å². The minimum Gasteiger partial charge on any atom is -0.481 e. The summed E-state index contributed by atoms with van der Waals surface area (Å²) < 4.78 is 39.0. The van der Waals surface area contributed by atoms with Crippen LogP contribution < -0.4 is 0 Å². The van der Waals surface area contributed by atoms with Gasteiger partial charge in [0.25, 0.3) is 0 Å². The van der Waals surface area contributed by atoms with Crippen LogP contribution in [0.3, 0.4) is 0 Å². The van der Waals surface area contributed by atoms with Crippen molar-refractivity contribution in [2.75, 3.05) is 0 Å². The first-order valence-corrected chi connectivity index (χ1v) is 6.41. The Hall–Kier alpha value is -1.59. The van der Waals surface area contributed by atoms with Crippen LogP contribution in [0.25, 0.3) is 0 Å². The van der Waals surface area contributed by atoms with Crippen molar-refractivity contribution in [2.24, 2.45) is 5.92 Å². The van der Waals surface area contributed by atoms with Gasteiger partial charge >= 0.3 is 12.1 Å². The minimum absolute atomic E-state index is 0.0162. The number of alkyl halides is 3. The molecule has 2 rings (SSSR count). The number of aliphatic carboxylic acids is 1. The SMILES string of the molecule is CC(C)(c1ccc2c(n1)CCC(C(=O)O)C2)C(F)(F)F. The number of carboxylic acid groups (broad SMARTS) is 1. The monoisotopic (exact) mass is 287 g/mol. The fourth-order valence-corrected chi connectivity index (χ4v) is 2.32. The number of halogens is 3. The molecule has 3 nitrogen and oxygen atoms in total. The number of aromatic nitrogens is 1. The molecule has 0 spiro atoms. The van der Waals surface area contributed by atoms with E-state index in [0.29, 0.717) is 25.0 Å². The molecule has 0 bridgehead atoms. The number of hydrogen-bond donors (Lipinski definition) is 1. The molecule has 1 aromatic rings. The zero-order valence-corrected chi connectivity index (χ0v) is 11.3. The van der Waals surface area contributed by atoms with E-state index in [-0.39, 0.29) is 5.69 Å². The molecule has 1 unspecified atom stereocenters. The highest BCUT2D eigenvalue weighted by Crippen LogP contribution is 2.40. The van der Waals surface area contributed by atoms with Crippen LogP contribution in [0.2, 0.25) is 0 Å². The Morgan fingerprint density at radius 3 is 2.55 bits per heavy atom. The van der Waals surface area contributed by atoms with Crippen LogP contribution in [0.5, 0.6) is 0 Å². The van der Waals surface area contributed by atoms with Gasteiger partial charge in [0, 0.05) is 5.69 Å². The summed E-state index contributed by atoms with van der Waals surface area (Å²) in [5.74, 6) is -1.33. The highest BCUT2D eigenvalue weighted by molar-refractivity contribution is 5.70. The van der Waals surface area contributed by atoms with Crippen LogP contribution in [0.4, 0.5) is 13.2 Å². The predicted molar refractivity (Wildman–Crippen MR) is 66.5 cm³/mol. The van der Waals surface area contributed by atoms with Crippen molar-refractivity contribution in [1.29, 1.82) is 0 Å². The van der Waals surface area contributed by atoms with Gasteiger partial charge in [0.1, 0.15) is 5.41 Å². The number of fused-ring (bicyclic) bond motifs is 1. The van der Waals surface area contributed by atoms with Crippen molar-refractivity contribution < 1.29 is 23.1 Å². The first kappa shape index (κ1) is 14.8. The second kappa shape index (κ2) is 4.75. The van der Waals surface area contributed by atoms with E-state index in [1.807, 2.05) is 0 Å². The molecule has 1 heterocycles. The zero-order valence-electron chi connectivity index (χ0n) is 11.3. The molecule has 0 saturated heterocycles. The summed E-state index contributed by atoms with van der Waals surface area (Å²) >= 11 is 0. The molecule has 1 N–H and O–H groups in total. The maximum Gasteiger partial charge on any atom is 0.399 e. The Bertz CT molecular complexity index is 538. The fourth-order valence-electron chi connectivity index (χ4n) is 2.32. The Labute approximate surface area is 114 Å². The van der Waals surface area contributed by atoms with Crippen LogP contribution in [-0.2, 0) is 23.1 Å². The van der Waals surface area contributed by atoms with E-state index >= 15 is 0 Å². The van der Waals surface area contributed by atoms with Crippen molar-refractivity contribution in [3.8, 4) is 0 Å². The van der Waals surface area contributed by atoms with Gasteiger partial charge in [0.05, 0.1) is 11.6 Å². The smallest absolute Gasteiger partial charge is 0.399 e. The number of carboxylic acids is 1. The van der Waals surface area contributed by atoms with E-state index in [1.54, 1.807) is 6.07 Å². The Morgan fingerprint density at radius 1 is 1.35 bits per heavy atom. The molecule has 0 aliphatic heterocycles. The van der Waals surface area contributed by atoms with Gasteiger partial charge in [-0.3, -0.25) is 9.78 Å². The fraction of sp³-hybridized carbons (Fsp3) is 0.571. The highest BCUT2D eigenvalue weighted by Gasteiger charge is 2.49. The molecule has 0 aromatic carbocycles. The third kappa shape index (κ3) is 2.51. The molecular formula is C14H16F3NO2. The number of rotatable bonds is 2. The molecule has 1 atom stereocenters. The average molecular weight is 287 g/mol. The Kier molecular flexibility index (Phi) is 3.52. The largest absolute Gasteiger partial charge is 0.481 e. The zero-order chi connectivity index (χ0) is 15.1. The molecule has 0 saturated carbocycles. The number of hydrogen-bond acceptors (Lipinski definition) is 2. The van der Waals surface area contributed by atoms with Gasteiger partial charge in [-0.2, -0.15) is 13.2 Å². The normalized spacial score (nSPS) is 19.6. The Morgan fingerprint density at radius 2 is 2.00 bits per heavy atom. The molecule has 0 amide bonds. The second-order valence-corrected chi connectivity index (χ2v) is 5.70. The molecule has 1 aliphatic carbocycles. The molecule has 6 heteroatoms. The van der Waals surface area contributed by atoms with Gasteiger partial charge in [0.15, 0.2) is 0 Å². The summed E-state index contributed by atoms with van der Waals surface area (Å²) in [5.41, 5.74) is -0.689. The minimum atomic E-state index is -4.37. The summed E-state index contributed by atoms with van der Waals surface area (Å²) in [5, 5.41) is 8.99. The van der Waals surface area contributed by atoms with E-state index in [4.69, 9.17) is 5.11 Å². The van der Waals surface area contributed by atoms with Crippen LogP contribution in [0.1, 0.15) is 37.2 Å². The average Bonchev–Trinajstić information content (AvgIpc) is 2.36. The quantitative estimate of drug-likeness (QED) is 0.909. The van der Waals surface area contributed by atoms with Gasteiger partial charge in [-0.25, -0.2) is 0 Å². The lowest BCUT2D eigenvalue weighted by molar-refractivity contribution is -0.181. The summed E-state index contributed by atoms with van der Waals surface area (Å²) in [7, 11) is 0. The lowest BCUT2D eigenvalue weighted by Crippen LogP contribution is -2.37. The van der Waals surface area contributed by atoms with Gasteiger partial charge < -0.3 is 5.11 Å². The van der Waals surface area contributed by atoms with Crippen molar-refractivity contribution in [3.05, 3.63) is 29.1 Å². The number of nitrogens with zero attached hydrogens (tertiary/aromatic N) is 1. The van der Waals surface area contributed by atoms with Crippen molar-refractivity contribution in [1.82, 2.24) is 4.98 Å². The number of aryl methyl sites for hydroxylation is 1. The topological polar surface area (TPSA) is 50.2 Å². The standard InChI is InChI=1S/C14H16F3NO2/c1-13(2,14(15,16)17)11-6-4-8-7-9(12(19)20)3-5-10(8)18-11/h4,6,9H,3,5,7H2,1-2H3,(H,19,20). The van der Waals surface area contributed by atoms with Crippen molar-refractivity contribution in [2.45, 2.75) is 44.7 Å². The van der Waals surface area contributed by atoms with E-state index in [9.17, 15) is 18.0 Å². The van der Waals surface area contributed by atoms with E-state index in [0.717, 1.165) is 19.4 Å². The molecule has 0 radical (unpaired) electrons. The Balaban J connectivity index is 2.33. The molecule has 110 valence electrons. The van der Waals surface area contributed by atoms with Crippen LogP contribution in [-0.4, -0.2) is 22.2 Å². The number of carbonyl (C=O) groups is 1. The summed E-state index contributed by atoms with van der Waals surface area (Å²) in [6.45, 7) is 2.20. The van der Waals surface area contributed by atoms with Crippen LogP contribution in [0.15, 0.2) is 12.1 Å². The maximum absolute atomic E-state index is 13.0. The summed E-state index contributed by atoms with van der Waals surface area (Å²) in [6.07, 6.45) is -3.20. The van der Waals surface area contributed by atoms with E-state index in [1.165, 1.54) is 6.07 Å². The number of pyridine rings is 1. The molecule has 1 aliphatic rings. The third-order valence-corrected chi connectivity index (χ3v) is 3.96. The molecular weight excluding hydrogens is 271 g/mol. The summed E-state index contributed by atoms with van der Waals surface area (Å²) in [6, 6.07) is 2.94. The lowest BCUT2D eigenvalue weighted by atomic mass is 9.83. The highest BCUT2D eigenvalue weighted by atomic mass is 19.4. The third-order valence-electron chi connectivity index (χ3n) is 3.96. The molecule has 0 fully saturated rings. The van der Waals surface area contributed by atoms with Gasteiger partial charge in [-0.1, -0.05) is 6.07 Å².